The zero-order valence-electron chi connectivity index (χ0n) is 10.3. The van der Waals surface area contributed by atoms with Gasteiger partial charge in [-0.05, 0) is 23.6 Å². The van der Waals surface area contributed by atoms with Crippen molar-refractivity contribution in [2.24, 2.45) is 4.99 Å². The Morgan fingerprint density at radius 1 is 1.10 bits per heavy atom. The van der Waals surface area contributed by atoms with E-state index in [1.54, 1.807) is 11.3 Å². The summed E-state index contributed by atoms with van der Waals surface area (Å²) in [6.07, 6.45) is 0. The first kappa shape index (κ1) is 11.4. The molecule has 6 heteroatoms. The molecule has 2 aromatic heterocycles. The predicted molar refractivity (Wildman–Crippen MR) is 75.7 cm³/mol. The van der Waals surface area contributed by atoms with Crippen LogP contribution in [0.1, 0.15) is 5.82 Å². The van der Waals surface area contributed by atoms with E-state index >= 15 is 0 Å². The van der Waals surface area contributed by atoms with Crippen LogP contribution in [-0.4, -0.2) is 22.5 Å². The fourth-order valence-electron chi connectivity index (χ4n) is 1.95. The van der Waals surface area contributed by atoms with Crippen LogP contribution in [0.5, 0.6) is 5.75 Å². The number of fused-ring (bicyclic) bond motifs is 1. The summed E-state index contributed by atoms with van der Waals surface area (Å²) in [5, 5.41) is 5.95. The van der Waals surface area contributed by atoms with Crippen molar-refractivity contribution in [1.29, 1.82) is 0 Å². The summed E-state index contributed by atoms with van der Waals surface area (Å²) in [6, 6.07) is 11.5. The Bertz CT molecular complexity index is 777. The number of benzene rings is 1. The number of hydrogen-bond donors (Lipinski definition) is 0. The Kier molecular flexibility index (Phi) is 2.60. The van der Waals surface area contributed by atoms with Gasteiger partial charge in [-0.3, -0.25) is 0 Å². The molecule has 0 atom stereocenters. The number of ether oxygens (including phenoxy) is 1. The molecule has 0 radical (unpaired) electrons. The van der Waals surface area contributed by atoms with Gasteiger partial charge in [0.25, 0.3) is 5.89 Å². The van der Waals surface area contributed by atoms with Crippen molar-refractivity contribution >= 4 is 22.7 Å². The Morgan fingerprint density at radius 3 is 2.95 bits per heavy atom. The van der Waals surface area contributed by atoms with Gasteiger partial charge in [-0.15, -0.1) is 11.3 Å². The van der Waals surface area contributed by atoms with Crippen LogP contribution in [0.3, 0.4) is 0 Å². The van der Waals surface area contributed by atoms with E-state index in [4.69, 9.17) is 9.26 Å². The summed E-state index contributed by atoms with van der Waals surface area (Å²) in [5.74, 6) is 1.76. The van der Waals surface area contributed by atoms with Crippen molar-refractivity contribution in [3.8, 4) is 16.5 Å². The topological polar surface area (TPSA) is 60.5 Å². The number of aliphatic imine (C=N–C) groups is 1. The van der Waals surface area contributed by atoms with E-state index in [9.17, 15) is 0 Å². The Labute approximate surface area is 118 Å². The normalized spacial score (nSPS) is 13.5. The molecule has 3 aromatic rings. The van der Waals surface area contributed by atoms with Crippen molar-refractivity contribution in [3.05, 3.63) is 47.6 Å². The Morgan fingerprint density at radius 2 is 2.05 bits per heavy atom. The summed E-state index contributed by atoms with van der Waals surface area (Å²) in [7, 11) is 0. The zero-order valence-corrected chi connectivity index (χ0v) is 11.1. The van der Waals surface area contributed by atoms with E-state index in [-0.39, 0.29) is 0 Å². The second-order valence-corrected chi connectivity index (χ2v) is 5.16. The van der Waals surface area contributed by atoms with Crippen LogP contribution in [0.25, 0.3) is 10.8 Å². The van der Waals surface area contributed by atoms with E-state index < -0.39 is 0 Å². The molecule has 0 bridgehead atoms. The Hall–Kier alpha value is -2.47. The van der Waals surface area contributed by atoms with Crippen LogP contribution in [0.15, 0.2) is 51.3 Å². The molecule has 1 aliphatic rings. The fraction of sp³-hybridized carbons (Fsp3) is 0.0714. The number of aromatic nitrogens is 2. The molecule has 4 rings (SSSR count). The molecular weight excluding hydrogens is 274 g/mol. The first-order valence-electron chi connectivity index (χ1n) is 6.07. The molecule has 0 saturated heterocycles. The first-order valence-corrected chi connectivity index (χ1v) is 6.95. The lowest BCUT2D eigenvalue weighted by atomic mass is 10.2. The minimum Gasteiger partial charge on any atom is -0.485 e. The SMILES string of the molecule is c1csc(-c2nc(C3=Nc4ccccc4OC3)no2)c1. The lowest BCUT2D eigenvalue weighted by molar-refractivity contribution is 0.370. The average molecular weight is 283 g/mol. The quantitative estimate of drug-likeness (QED) is 0.724. The van der Waals surface area contributed by atoms with E-state index in [0.717, 1.165) is 16.3 Å². The molecule has 0 fully saturated rings. The molecule has 20 heavy (non-hydrogen) atoms. The molecule has 0 amide bonds. The summed E-state index contributed by atoms with van der Waals surface area (Å²) in [6.45, 7) is 0.348. The monoisotopic (exact) mass is 283 g/mol. The van der Waals surface area contributed by atoms with Crippen molar-refractivity contribution < 1.29 is 9.26 Å². The van der Waals surface area contributed by atoms with Gasteiger partial charge in [-0.2, -0.15) is 4.98 Å². The highest BCUT2D eigenvalue weighted by molar-refractivity contribution is 7.13. The van der Waals surface area contributed by atoms with Gasteiger partial charge in [0.05, 0.1) is 4.88 Å². The molecule has 3 heterocycles. The predicted octanol–water partition coefficient (Wildman–Crippen LogP) is 3.31. The lowest BCUT2D eigenvalue weighted by Crippen LogP contribution is -2.17. The number of rotatable bonds is 2. The maximum Gasteiger partial charge on any atom is 0.268 e. The average Bonchev–Trinajstić information content (AvgIpc) is 3.17. The van der Waals surface area contributed by atoms with Crippen LogP contribution < -0.4 is 4.74 Å². The van der Waals surface area contributed by atoms with Crippen molar-refractivity contribution in [2.45, 2.75) is 0 Å². The van der Waals surface area contributed by atoms with Crippen LogP contribution >= 0.6 is 11.3 Å². The van der Waals surface area contributed by atoms with E-state index in [0.29, 0.717) is 24.0 Å². The van der Waals surface area contributed by atoms with Gasteiger partial charge in [0.1, 0.15) is 23.8 Å². The second-order valence-electron chi connectivity index (χ2n) is 4.22. The minimum absolute atomic E-state index is 0.348. The van der Waals surface area contributed by atoms with Gasteiger partial charge >= 0.3 is 0 Å². The van der Waals surface area contributed by atoms with Gasteiger partial charge in [-0.25, -0.2) is 4.99 Å². The molecule has 0 unspecified atom stereocenters. The maximum absolute atomic E-state index is 5.64. The van der Waals surface area contributed by atoms with E-state index in [2.05, 4.69) is 15.1 Å². The number of nitrogens with zero attached hydrogens (tertiary/aromatic N) is 3. The van der Waals surface area contributed by atoms with Crippen molar-refractivity contribution in [1.82, 2.24) is 10.1 Å². The summed E-state index contributed by atoms with van der Waals surface area (Å²) < 4.78 is 10.9. The summed E-state index contributed by atoms with van der Waals surface area (Å²) in [5.41, 5.74) is 1.46. The largest absolute Gasteiger partial charge is 0.485 e. The third-order valence-corrected chi connectivity index (χ3v) is 3.76. The number of para-hydroxylation sites is 2. The molecule has 0 aliphatic carbocycles. The minimum atomic E-state index is 0.348. The third-order valence-electron chi connectivity index (χ3n) is 2.90. The highest BCUT2D eigenvalue weighted by Gasteiger charge is 2.19. The molecular formula is C14H9N3O2S. The number of hydrogen-bond acceptors (Lipinski definition) is 6. The van der Waals surface area contributed by atoms with Crippen molar-refractivity contribution in [3.63, 3.8) is 0 Å². The van der Waals surface area contributed by atoms with Gasteiger partial charge < -0.3 is 9.26 Å². The standard InChI is InChI=1S/C14H9N3O2S/c1-2-5-11-9(4-1)15-10(8-18-11)13-16-14(19-17-13)12-6-3-7-20-12/h1-7H,8H2. The molecule has 0 N–H and O–H groups in total. The molecule has 0 saturated carbocycles. The highest BCUT2D eigenvalue weighted by Crippen LogP contribution is 2.31. The lowest BCUT2D eigenvalue weighted by Gasteiger charge is -2.14. The van der Waals surface area contributed by atoms with Gasteiger partial charge in [0, 0.05) is 0 Å². The zero-order chi connectivity index (χ0) is 13.4. The van der Waals surface area contributed by atoms with Gasteiger partial charge in [0.2, 0.25) is 5.82 Å². The van der Waals surface area contributed by atoms with Gasteiger partial charge in [-0.1, -0.05) is 23.4 Å². The first-order chi connectivity index (χ1) is 9.90. The smallest absolute Gasteiger partial charge is 0.268 e. The van der Waals surface area contributed by atoms with Crippen LogP contribution in [-0.2, 0) is 0 Å². The number of thiophene rings is 1. The van der Waals surface area contributed by atoms with Crippen molar-refractivity contribution in [2.75, 3.05) is 6.61 Å². The van der Waals surface area contributed by atoms with Crippen LogP contribution in [0.2, 0.25) is 0 Å². The molecule has 1 aromatic carbocycles. The highest BCUT2D eigenvalue weighted by atomic mass is 32.1. The molecule has 98 valence electrons. The molecule has 0 spiro atoms. The van der Waals surface area contributed by atoms with Gasteiger partial charge in [0.15, 0.2) is 0 Å². The Balaban J connectivity index is 1.71. The van der Waals surface area contributed by atoms with E-state index in [1.807, 2.05) is 41.8 Å². The molecule has 1 aliphatic heterocycles. The maximum atomic E-state index is 5.64. The summed E-state index contributed by atoms with van der Waals surface area (Å²) in [4.78, 5) is 9.84. The second kappa shape index (κ2) is 4.57. The third kappa shape index (κ3) is 1.90. The fourth-order valence-corrected chi connectivity index (χ4v) is 2.60. The van der Waals surface area contributed by atoms with E-state index in [1.165, 1.54) is 0 Å². The van der Waals surface area contributed by atoms with Crippen LogP contribution in [0, 0.1) is 0 Å². The van der Waals surface area contributed by atoms with Crippen LogP contribution in [0.4, 0.5) is 5.69 Å². The molecule has 5 nitrogen and oxygen atoms in total. The summed E-state index contributed by atoms with van der Waals surface area (Å²) >= 11 is 1.56.